The summed E-state index contributed by atoms with van der Waals surface area (Å²) < 4.78 is 5.15. The van der Waals surface area contributed by atoms with E-state index in [0.29, 0.717) is 0 Å². The summed E-state index contributed by atoms with van der Waals surface area (Å²) >= 11 is 0. The number of carbonyl (C=O) groups excluding carboxylic acids is 1. The molecular weight excluding hydrogens is 178 g/mol. The van der Waals surface area contributed by atoms with Crippen molar-refractivity contribution in [2.75, 3.05) is 7.11 Å². The fourth-order valence-corrected chi connectivity index (χ4v) is 1.09. The number of benzene rings is 1. The number of ether oxygens (including phenoxy) is 1. The third-order valence-electron chi connectivity index (χ3n) is 1.83. The predicted octanol–water partition coefficient (Wildman–Crippen LogP) is 2.31. The maximum Gasteiger partial charge on any atom is 0.239 e. The molecule has 0 amide bonds. The lowest BCUT2D eigenvalue weighted by Gasteiger charge is -2.04. The van der Waals surface area contributed by atoms with Crippen molar-refractivity contribution in [1.29, 1.82) is 0 Å². The molecule has 0 N–H and O–H groups in total. The first-order valence-corrected chi connectivity index (χ1v) is 4.16. The normalized spacial score (nSPS) is 9.86. The molecule has 0 aliphatic heterocycles. The maximum atomic E-state index is 9.80. The van der Waals surface area contributed by atoms with E-state index in [1.807, 2.05) is 25.1 Å². The molecule has 0 atom stereocenters. The third-order valence-corrected chi connectivity index (χ3v) is 1.83. The number of hydrogen-bond acceptors (Lipinski definition) is 3. The van der Waals surface area contributed by atoms with E-state index in [9.17, 15) is 4.79 Å². The molecule has 0 spiro atoms. The molecule has 0 heterocycles. The summed E-state index contributed by atoms with van der Waals surface area (Å²) in [5.74, 6) is 0.822. The van der Waals surface area contributed by atoms with Crippen LogP contribution in [0.3, 0.4) is 0 Å². The van der Waals surface area contributed by atoms with Crippen LogP contribution in [0.2, 0.25) is 0 Å². The molecule has 1 aromatic carbocycles. The van der Waals surface area contributed by atoms with Gasteiger partial charge in [0, 0.05) is 6.20 Å². The Hall–Kier alpha value is -1.86. The topological polar surface area (TPSA) is 38.7 Å². The van der Waals surface area contributed by atoms with Crippen LogP contribution in [0.5, 0.6) is 5.75 Å². The standard InChI is InChI=1S/C11H11NO2/c1-9-3-4-10(5-6-12-8-13)7-11(9)14-2/h3-7H,1-2H3. The van der Waals surface area contributed by atoms with Crippen LogP contribution in [-0.4, -0.2) is 13.2 Å². The van der Waals surface area contributed by atoms with Crippen LogP contribution < -0.4 is 4.74 Å². The van der Waals surface area contributed by atoms with Crippen LogP contribution in [0, 0.1) is 6.92 Å². The van der Waals surface area contributed by atoms with Gasteiger partial charge in [-0.25, -0.2) is 4.79 Å². The largest absolute Gasteiger partial charge is 0.496 e. The van der Waals surface area contributed by atoms with Gasteiger partial charge in [-0.1, -0.05) is 12.1 Å². The lowest BCUT2D eigenvalue weighted by atomic mass is 10.1. The molecular formula is C11H11NO2. The van der Waals surface area contributed by atoms with E-state index < -0.39 is 0 Å². The second-order valence-corrected chi connectivity index (χ2v) is 2.77. The zero-order valence-electron chi connectivity index (χ0n) is 8.15. The molecule has 0 bridgehead atoms. The Morgan fingerprint density at radius 1 is 1.50 bits per heavy atom. The first-order chi connectivity index (χ1) is 6.77. The van der Waals surface area contributed by atoms with E-state index in [4.69, 9.17) is 4.74 Å². The quantitative estimate of drug-likeness (QED) is 0.540. The van der Waals surface area contributed by atoms with Crippen LogP contribution in [0.25, 0.3) is 6.08 Å². The van der Waals surface area contributed by atoms with Gasteiger partial charge in [0.15, 0.2) is 0 Å². The van der Waals surface area contributed by atoms with E-state index in [-0.39, 0.29) is 0 Å². The smallest absolute Gasteiger partial charge is 0.239 e. The minimum absolute atomic E-state index is 0.822. The highest BCUT2D eigenvalue weighted by Gasteiger charge is 1.96. The number of methoxy groups -OCH3 is 1. The lowest BCUT2D eigenvalue weighted by Crippen LogP contribution is -1.86. The molecule has 0 aliphatic rings. The average Bonchev–Trinajstić information content (AvgIpc) is 2.21. The summed E-state index contributed by atoms with van der Waals surface area (Å²) in [6, 6.07) is 5.75. The van der Waals surface area contributed by atoms with E-state index in [1.54, 1.807) is 13.2 Å². The minimum Gasteiger partial charge on any atom is -0.496 e. The van der Waals surface area contributed by atoms with Gasteiger partial charge in [-0.15, -0.1) is 0 Å². The highest BCUT2D eigenvalue weighted by molar-refractivity contribution is 5.54. The van der Waals surface area contributed by atoms with Crippen molar-refractivity contribution in [3.63, 3.8) is 0 Å². The van der Waals surface area contributed by atoms with E-state index >= 15 is 0 Å². The first kappa shape index (κ1) is 10.2. The Balaban J connectivity index is 2.94. The van der Waals surface area contributed by atoms with Crippen LogP contribution >= 0.6 is 0 Å². The Bertz CT molecular complexity index is 390. The highest BCUT2D eigenvalue weighted by Crippen LogP contribution is 2.19. The fraction of sp³-hybridized carbons (Fsp3) is 0.182. The van der Waals surface area contributed by atoms with Gasteiger partial charge in [-0.05, 0) is 30.2 Å². The summed E-state index contributed by atoms with van der Waals surface area (Å²) in [6.07, 6.45) is 4.55. The maximum absolute atomic E-state index is 9.80. The molecule has 3 nitrogen and oxygen atoms in total. The van der Waals surface area contributed by atoms with Gasteiger partial charge in [0.25, 0.3) is 0 Å². The van der Waals surface area contributed by atoms with Gasteiger partial charge in [0.1, 0.15) is 5.75 Å². The summed E-state index contributed by atoms with van der Waals surface area (Å²) in [7, 11) is 1.62. The SMILES string of the molecule is COc1cc(C=CN=C=O)ccc1C. The van der Waals surface area contributed by atoms with Crippen LogP contribution in [0.4, 0.5) is 0 Å². The molecule has 72 valence electrons. The first-order valence-electron chi connectivity index (χ1n) is 4.16. The molecule has 1 aromatic rings. The van der Waals surface area contributed by atoms with Crippen molar-refractivity contribution in [1.82, 2.24) is 0 Å². The number of hydrogen-bond donors (Lipinski definition) is 0. The summed E-state index contributed by atoms with van der Waals surface area (Å²) in [4.78, 5) is 13.1. The lowest BCUT2D eigenvalue weighted by molar-refractivity contribution is 0.411. The number of rotatable bonds is 3. The van der Waals surface area contributed by atoms with Gasteiger partial charge < -0.3 is 4.74 Å². The van der Waals surface area contributed by atoms with Crippen LogP contribution in [0.15, 0.2) is 29.4 Å². The van der Waals surface area contributed by atoms with Crippen molar-refractivity contribution in [2.45, 2.75) is 6.92 Å². The van der Waals surface area contributed by atoms with Crippen molar-refractivity contribution >= 4 is 12.2 Å². The fourth-order valence-electron chi connectivity index (χ4n) is 1.09. The van der Waals surface area contributed by atoms with Crippen molar-refractivity contribution in [3.05, 3.63) is 35.5 Å². The van der Waals surface area contributed by atoms with Gasteiger partial charge in [-0.3, -0.25) is 0 Å². The van der Waals surface area contributed by atoms with E-state index in [2.05, 4.69) is 4.99 Å². The Morgan fingerprint density at radius 3 is 2.93 bits per heavy atom. The summed E-state index contributed by atoms with van der Waals surface area (Å²) in [5.41, 5.74) is 2.01. The summed E-state index contributed by atoms with van der Waals surface area (Å²) in [5, 5.41) is 0. The molecule has 0 fully saturated rings. The molecule has 0 aromatic heterocycles. The Morgan fingerprint density at radius 2 is 2.29 bits per heavy atom. The average molecular weight is 189 g/mol. The van der Waals surface area contributed by atoms with Crippen molar-refractivity contribution in [2.24, 2.45) is 4.99 Å². The zero-order valence-corrected chi connectivity index (χ0v) is 8.15. The number of nitrogens with zero attached hydrogens (tertiary/aromatic N) is 1. The monoisotopic (exact) mass is 189 g/mol. The third kappa shape index (κ3) is 2.57. The molecule has 1 rings (SSSR count). The minimum atomic E-state index is 0.822. The number of aliphatic imine (C=N–C) groups is 1. The second kappa shape index (κ2) is 5.00. The number of aryl methyl sites for hydroxylation is 1. The van der Waals surface area contributed by atoms with Crippen molar-refractivity contribution < 1.29 is 9.53 Å². The van der Waals surface area contributed by atoms with Crippen LogP contribution in [0.1, 0.15) is 11.1 Å². The zero-order chi connectivity index (χ0) is 10.4. The molecule has 3 heteroatoms. The van der Waals surface area contributed by atoms with Gasteiger partial charge >= 0.3 is 0 Å². The molecule has 0 saturated carbocycles. The van der Waals surface area contributed by atoms with Gasteiger partial charge in [-0.2, -0.15) is 4.99 Å². The number of isocyanates is 1. The van der Waals surface area contributed by atoms with Gasteiger partial charge in [0.05, 0.1) is 7.11 Å². The summed E-state index contributed by atoms with van der Waals surface area (Å²) in [6.45, 7) is 1.97. The van der Waals surface area contributed by atoms with E-state index in [0.717, 1.165) is 16.9 Å². The predicted molar refractivity (Wildman–Crippen MR) is 54.9 cm³/mol. The molecule has 0 radical (unpaired) electrons. The Labute approximate surface area is 82.7 Å². The second-order valence-electron chi connectivity index (χ2n) is 2.77. The Kier molecular flexibility index (Phi) is 3.65. The molecule has 0 unspecified atom stereocenters. The molecule has 0 saturated heterocycles. The van der Waals surface area contributed by atoms with E-state index in [1.165, 1.54) is 12.3 Å². The molecule has 0 aliphatic carbocycles. The molecule has 14 heavy (non-hydrogen) atoms. The van der Waals surface area contributed by atoms with Crippen molar-refractivity contribution in [3.8, 4) is 5.75 Å². The van der Waals surface area contributed by atoms with Crippen LogP contribution in [-0.2, 0) is 4.79 Å². The highest BCUT2D eigenvalue weighted by atomic mass is 16.5. The van der Waals surface area contributed by atoms with Gasteiger partial charge in [0.2, 0.25) is 6.08 Å².